The molecule has 7 heteroatoms. The summed E-state index contributed by atoms with van der Waals surface area (Å²) in [4.78, 5) is 7.42. The molecule has 0 saturated carbocycles. The van der Waals surface area contributed by atoms with Gasteiger partial charge in [0, 0.05) is 49.4 Å². The van der Waals surface area contributed by atoms with Crippen molar-refractivity contribution in [2.24, 2.45) is 10.4 Å². The molecule has 3 rings (SSSR count). The van der Waals surface area contributed by atoms with Gasteiger partial charge >= 0.3 is 0 Å². The highest BCUT2D eigenvalue weighted by atomic mass is 127. The number of rotatable bonds is 4. The second-order valence-corrected chi connectivity index (χ2v) is 7.36. The summed E-state index contributed by atoms with van der Waals surface area (Å²) < 4.78 is 19.1. The van der Waals surface area contributed by atoms with Gasteiger partial charge in [-0.15, -0.1) is 35.7 Å². The van der Waals surface area contributed by atoms with Crippen molar-refractivity contribution < 1.29 is 9.13 Å². The van der Waals surface area contributed by atoms with Crippen molar-refractivity contribution in [1.29, 1.82) is 0 Å². The fourth-order valence-corrected chi connectivity index (χ4v) is 4.11. The molecule has 1 aromatic carbocycles. The van der Waals surface area contributed by atoms with Gasteiger partial charge in [-0.2, -0.15) is 0 Å². The lowest BCUT2D eigenvalue weighted by Gasteiger charge is -2.24. The average molecular weight is 465 g/mol. The number of ether oxygens (including phenoxy) is 1. The van der Waals surface area contributed by atoms with Gasteiger partial charge in [-0.05, 0) is 25.0 Å². The molecule has 0 aromatic heterocycles. The zero-order valence-corrected chi connectivity index (χ0v) is 17.1. The number of nitrogens with one attached hydrogen (secondary N) is 1. The molecular formula is C17H25FIN3OS. The number of halogens is 2. The van der Waals surface area contributed by atoms with E-state index >= 15 is 0 Å². The van der Waals surface area contributed by atoms with Gasteiger partial charge in [0.15, 0.2) is 5.96 Å². The first-order chi connectivity index (χ1) is 11.2. The van der Waals surface area contributed by atoms with Gasteiger partial charge in [0.25, 0.3) is 0 Å². The monoisotopic (exact) mass is 465 g/mol. The molecular weight excluding hydrogens is 440 g/mol. The number of hydrogen-bond donors (Lipinski definition) is 1. The van der Waals surface area contributed by atoms with Crippen LogP contribution in [0.15, 0.2) is 34.2 Å². The number of benzene rings is 1. The summed E-state index contributed by atoms with van der Waals surface area (Å²) in [6.45, 7) is 4.59. The van der Waals surface area contributed by atoms with Crippen molar-refractivity contribution in [2.75, 3.05) is 45.6 Å². The Kier molecular flexibility index (Phi) is 7.61. The summed E-state index contributed by atoms with van der Waals surface area (Å²) in [5.74, 6) is 1.61. The van der Waals surface area contributed by atoms with Gasteiger partial charge in [-0.25, -0.2) is 4.39 Å². The van der Waals surface area contributed by atoms with Crippen LogP contribution in [-0.4, -0.2) is 56.5 Å². The third kappa shape index (κ3) is 4.76. The minimum absolute atomic E-state index is 0. The number of likely N-dealkylation sites (tertiary alicyclic amines) is 1. The quantitative estimate of drug-likeness (QED) is 0.244. The Hall–Kier alpha value is -0.540. The zero-order chi connectivity index (χ0) is 16.1. The van der Waals surface area contributed by atoms with E-state index in [2.05, 4.69) is 15.2 Å². The standard InChI is InChI=1S/C17H24FN3OS.HI/c1-19-16(21-9-6-17(12-21)7-10-22-13-17)20-8-11-23-15-5-3-2-4-14(15)18;/h2-5H,6-13H2,1H3,(H,19,20);1H. The highest BCUT2D eigenvalue weighted by Crippen LogP contribution is 2.38. The lowest BCUT2D eigenvalue weighted by atomic mass is 9.87. The number of aliphatic imine (C=N–C) groups is 1. The van der Waals surface area contributed by atoms with Gasteiger partial charge in [-0.1, -0.05) is 12.1 Å². The summed E-state index contributed by atoms with van der Waals surface area (Å²) in [5, 5.41) is 3.40. The Morgan fingerprint density at radius 2 is 2.25 bits per heavy atom. The van der Waals surface area contributed by atoms with Crippen LogP contribution in [0.1, 0.15) is 12.8 Å². The first-order valence-corrected chi connectivity index (χ1v) is 9.12. The van der Waals surface area contributed by atoms with Crippen LogP contribution >= 0.6 is 35.7 Å². The van der Waals surface area contributed by atoms with E-state index in [0.29, 0.717) is 10.3 Å². The first kappa shape index (κ1) is 19.8. The normalized spacial score (nSPS) is 23.6. The maximum absolute atomic E-state index is 13.6. The molecule has 0 radical (unpaired) electrons. The summed E-state index contributed by atoms with van der Waals surface area (Å²) in [5.41, 5.74) is 0.333. The highest BCUT2D eigenvalue weighted by Gasteiger charge is 2.42. The van der Waals surface area contributed by atoms with Crippen LogP contribution in [-0.2, 0) is 4.74 Å². The smallest absolute Gasteiger partial charge is 0.193 e. The fourth-order valence-electron chi connectivity index (χ4n) is 3.31. The van der Waals surface area contributed by atoms with Gasteiger partial charge in [0.2, 0.25) is 0 Å². The predicted octanol–water partition coefficient (Wildman–Crippen LogP) is 3.22. The van der Waals surface area contributed by atoms with Gasteiger partial charge in [-0.3, -0.25) is 4.99 Å². The van der Waals surface area contributed by atoms with E-state index in [1.165, 1.54) is 24.2 Å². The molecule has 1 spiro atoms. The van der Waals surface area contributed by atoms with Crippen molar-refractivity contribution in [2.45, 2.75) is 17.7 Å². The number of hydrogen-bond acceptors (Lipinski definition) is 3. The molecule has 1 unspecified atom stereocenters. The Morgan fingerprint density at radius 1 is 1.42 bits per heavy atom. The van der Waals surface area contributed by atoms with E-state index in [0.717, 1.165) is 51.0 Å². The van der Waals surface area contributed by atoms with Gasteiger partial charge in [0.05, 0.1) is 6.61 Å². The molecule has 0 aliphatic carbocycles. The van der Waals surface area contributed by atoms with Crippen molar-refractivity contribution in [3.8, 4) is 0 Å². The van der Waals surface area contributed by atoms with Crippen molar-refractivity contribution in [3.63, 3.8) is 0 Å². The van der Waals surface area contributed by atoms with Crippen LogP contribution in [0.3, 0.4) is 0 Å². The first-order valence-electron chi connectivity index (χ1n) is 8.13. The molecule has 24 heavy (non-hydrogen) atoms. The maximum Gasteiger partial charge on any atom is 0.193 e. The minimum Gasteiger partial charge on any atom is -0.381 e. The average Bonchev–Trinajstić information content (AvgIpc) is 3.20. The number of thioether (sulfide) groups is 1. The molecule has 1 aromatic rings. The van der Waals surface area contributed by atoms with E-state index in [9.17, 15) is 4.39 Å². The van der Waals surface area contributed by atoms with E-state index in [1.54, 1.807) is 6.07 Å². The molecule has 0 bridgehead atoms. The topological polar surface area (TPSA) is 36.9 Å². The number of guanidine groups is 1. The maximum atomic E-state index is 13.6. The molecule has 2 aliphatic heterocycles. The highest BCUT2D eigenvalue weighted by molar-refractivity contribution is 14.0. The molecule has 1 N–H and O–H groups in total. The SMILES string of the molecule is CN=C(NCCSc1ccccc1F)N1CCC2(CCOC2)C1.I. The van der Waals surface area contributed by atoms with Crippen LogP contribution in [0.5, 0.6) is 0 Å². The predicted molar refractivity (Wildman–Crippen MR) is 108 cm³/mol. The Balaban J connectivity index is 0.00000208. The van der Waals surface area contributed by atoms with E-state index in [4.69, 9.17) is 4.74 Å². The summed E-state index contributed by atoms with van der Waals surface area (Å²) in [6.07, 6.45) is 2.33. The van der Waals surface area contributed by atoms with Gasteiger partial charge < -0.3 is 15.0 Å². The third-order valence-corrected chi connectivity index (χ3v) is 5.66. The molecule has 2 saturated heterocycles. The van der Waals surface area contributed by atoms with Crippen molar-refractivity contribution >= 4 is 41.7 Å². The van der Waals surface area contributed by atoms with Crippen LogP contribution in [0.4, 0.5) is 4.39 Å². The minimum atomic E-state index is -0.149. The molecule has 134 valence electrons. The Morgan fingerprint density at radius 3 is 2.96 bits per heavy atom. The summed E-state index contributed by atoms with van der Waals surface area (Å²) in [6, 6.07) is 6.90. The molecule has 1 atom stereocenters. The molecule has 2 aliphatic rings. The molecule has 4 nitrogen and oxygen atoms in total. The Labute approximate surface area is 164 Å². The zero-order valence-electron chi connectivity index (χ0n) is 14.0. The van der Waals surface area contributed by atoms with Crippen molar-refractivity contribution in [3.05, 3.63) is 30.1 Å². The second-order valence-electron chi connectivity index (χ2n) is 6.23. The lowest BCUT2D eigenvalue weighted by molar-refractivity contribution is 0.156. The van der Waals surface area contributed by atoms with Crippen LogP contribution < -0.4 is 5.32 Å². The lowest BCUT2D eigenvalue weighted by Crippen LogP contribution is -2.42. The largest absolute Gasteiger partial charge is 0.381 e. The molecule has 2 heterocycles. The van der Waals surface area contributed by atoms with E-state index < -0.39 is 0 Å². The summed E-state index contributed by atoms with van der Waals surface area (Å²) in [7, 11) is 1.82. The van der Waals surface area contributed by atoms with Crippen molar-refractivity contribution in [1.82, 2.24) is 10.2 Å². The third-order valence-electron chi connectivity index (χ3n) is 4.61. The van der Waals surface area contributed by atoms with Crippen LogP contribution in [0.25, 0.3) is 0 Å². The Bertz CT molecular complexity index is 567. The summed E-state index contributed by atoms with van der Waals surface area (Å²) >= 11 is 1.53. The van der Waals surface area contributed by atoms with E-state index in [1.807, 2.05) is 19.2 Å². The molecule has 0 amide bonds. The van der Waals surface area contributed by atoms with Crippen LogP contribution in [0, 0.1) is 11.2 Å². The molecule has 2 fully saturated rings. The van der Waals surface area contributed by atoms with Crippen LogP contribution in [0.2, 0.25) is 0 Å². The fraction of sp³-hybridized carbons (Fsp3) is 0.588. The van der Waals surface area contributed by atoms with E-state index in [-0.39, 0.29) is 29.8 Å². The van der Waals surface area contributed by atoms with Gasteiger partial charge in [0.1, 0.15) is 5.82 Å². The number of nitrogens with zero attached hydrogens (tertiary/aromatic N) is 2. The second kappa shape index (κ2) is 9.24.